The number of H-pyrrole nitrogens is 1. The molecule has 6 heteroatoms. The zero-order valence-corrected chi connectivity index (χ0v) is 16.8. The van der Waals surface area contributed by atoms with E-state index in [4.69, 9.17) is 4.74 Å². The molecule has 154 valence electrons. The van der Waals surface area contributed by atoms with Crippen LogP contribution < -0.4 is 15.4 Å². The van der Waals surface area contributed by atoms with Crippen LogP contribution in [0, 0.1) is 5.92 Å². The molecule has 1 saturated carbocycles. The van der Waals surface area contributed by atoms with Crippen LogP contribution in [0.2, 0.25) is 0 Å². The summed E-state index contributed by atoms with van der Waals surface area (Å²) in [5, 5.41) is 6.34. The molecule has 2 aliphatic rings. The van der Waals surface area contributed by atoms with Crippen molar-refractivity contribution >= 4 is 17.4 Å². The number of carbonyl (C=O) groups is 2. The van der Waals surface area contributed by atoms with Gasteiger partial charge < -0.3 is 20.4 Å². The predicted molar refractivity (Wildman–Crippen MR) is 113 cm³/mol. The molecule has 1 aromatic carbocycles. The maximum Gasteiger partial charge on any atom is 0.257 e. The summed E-state index contributed by atoms with van der Waals surface area (Å²) in [6.07, 6.45) is 8.53. The maximum atomic E-state index is 12.7. The Morgan fingerprint density at radius 3 is 2.72 bits per heavy atom. The number of hydrogen-bond acceptors (Lipinski definition) is 4. The Labute approximate surface area is 171 Å². The van der Waals surface area contributed by atoms with Gasteiger partial charge in [0.05, 0.1) is 17.7 Å². The summed E-state index contributed by atoms with van der Waals surface area (Å²) >= 11 is 0. The van der Waals surface area contributed by atoms with Crippen LogP contribution in [0.15, 0.2) is 30.5 Å². The van der Waals surface area contributed by atoms with Gasteiger partial charge in [-0.2, -0.15) is 0 Å². The molecule has 4 rings (SSSR count). The Balaban J connectivity index is 1.27. The Morgan fingerprint density at radius 2 is 1.93 bits per heavy atom. The Bertz CT molecular complexity index is 853. The number of nitrogens with one attached hydrogen (secondary N) is 3. The molecule has 1 fully saturated rings. The molecule has 3 N–H and O–H groups in total. The maximum absolute atomic E-state index is 12.7. The zero-order chi connectivity index (χ0) is 20.1. The molecule has 1 aromatic heterocycles. The van der Waals surface area contributed by atoms with Crippen molar-refractivity contribution in [2.75, 3.05) is 25.0 Å². The van der Waals surface area contributed by atoms with Crippen LogP contribution in [-0.2, 0) is 6.42 Å². The molecule has 2 aliphatic carbocycles. The Morgan fingerprint density at radius 1 is 1.14 bits per heavy atom. The average molecular weight is 396 g/mol. The van der Waals surface area contributed by atoms with E-state index in [1.54, 1.807) is 6.20 Å². The second kappa shape index (κ2) is 9.27. The third kappa shape index (κ3) is 5.26. The van der Waals surface area contributed by atoms with E-state index in [1.165, 1.54) is 12.8 Å². The molecular formula is C23H29N3O3. The van der Waals surface area contributed by atoms with Gasteiger partial charge in [-0.25, -0.2) is 0 Å². The first-order chi connectivity index (χ1) is 14.2. The molecule has 1 amide bonds. The summed E-state index contributed by atoms with van der Waals surface area (Å²) in [5.41, 5.74) is 2.57. The molecule has 0 aliphatic heterocycles. The number of benzene rings is 1. The van der Waals surface area contributed by atoms with Gasteiger partial charge in [-0.15, -0.1) is 0 Å². The van der Waals surface area contributed by atoms with E-state index in [0.29, 0.717) is 29.8 Å². The van der Waals surface area contributed by atoms with Crippen molar-refractivity contribution in [1.29, 1.82) is 0 Å². The number of rotatable bonds is 9. The molecule has 0 unspecified atom stereocenters. The van der Waals surface area contributed by atoms with Crippen molar-refractivity contribution in [2.45, 2.75) is 44.9 Å². The van der Waals surface area contributed by atoms with Gasteiger partial charge >= 0.3 is 0 Å². The number of ketones is 1. The van der Waals surface area contributed by atoms with E-state index < -0.39 is 0 Å². The molecule has 6 nitrogen and oxygen atoms in total. The molecule has 29 heavy (non-hydrogen) atoms. The number of aryl methyl sites for hydroxylation is 1. The summed E-state index contributed by atoms with van der Waals surface area (Å²) in [6.45, 7) is 2.77. The standard InChI is InChI=1S/C23H29N3O3/c27-21-5-2-1-4-20-22(21)19(15-25-20)23(28)26-17-8-10-18(11-9-17)29-13-3-12-24-14-16-6-7-16/h8-11,15-16,24-25H,1-7,12-14H2,(H,26,28). The van der Waals surface area contributed by atoms with Crippen LogP contribution in [0.1, 0.15) is 64.9 Å². The van der Waals surface area contributed by atoms with Crippen molar-refractivity contribution in [2.24, 2.45) is 5.92 Å². The number of ether oxygens (including phenoxy) is 1. The lowest BCUT2D eigenvalue weighted by molar-refractivity contribution is 0.0965. The number of anilines is 1. The number of aromatic amines is 1. The van der Waals surface area contributed by atoms with Gasteiger partial charge in [0.25, 0.3) is 5.91 Å². The Kier molecular flexibility index (Phi) is 6.30. The van der Waals surface area contributed by atoms with Gasteiger partial charge in [0.2, 0.25) is 0 Å². The third-order valence-electron chi connectivity index (χ3n) is 5.57. The fourth-order valence-electron chi connectivity index (χ4n) is 3.72. The fourth-order valence-corrected chi connectivity index (χ4v) is 3.72. The van der Waals surface area contributed by atoms with E-state index in [9.17, 15) is 9.59 Å². The highest BCUT2D eigenvalue weighted by molar-refractivity contribution is 6.13. The first kappa shape index (κ1) is 19.7. The second-order valence-corrected chi connectivity index (χ2v) is 8.01. The lowest BCUT2D eigenvalue weighted by Crippen LogP contribution is -2.19. The lowest BCUT2D eigenvalue weighted by atomic mass is 10.0. The van der Waals surface area contributed by atoms with Crippen molar-refractivity contribution in [1.82, 2.24) is 10.3 Å². The van der Waals surface area contributed by atoms with Crippen molar-refractivity contribution in [3.63, 3.8) is 0 Å². The quantitative estimate of drug-likeness (QED) is 0.444. The summed E-state index contributed by atoms with van der Waals surface area (Å²) < 4.78 is 5.76. The highest BCUT2D eigenvalue weighted by Crippen LogP contribution is 2.27. The minimum absolute atomic E-state index is 0.0549. The van der Waals surface area contributed by atoms with Gasteiger partial charge in [0.1, 0.15) is 5.75 Å². The SMILES string of the molecule is O=C(Nc1ccc(OCCCNCC2CC2)cc1)c1c[nH]c2c1C(=O)CCCC2. The van der Waals surface area contributed by atoms with E-state index in [2.05, 4.69) is 15.6 Å². The first-order valence-electron chi connectivity index (χ1n) is 10.7. The molecule has 0 atom stereocenters. The summed E-state index contributed by atoms with van der Waals surface area (Å²) in [5.74, 6) is 1.49. The van der Waals surface area contributed by atoms with Crippen LogP contribution in [0.4, 0.5) is 5.69 Å². The minimum atomic E-state index is -0.256. The summed E-state index contributed by atoms with van der Waals surface area (Å²) in [4.78, 5) is 28.2. The zero-order valence-electron chi connectivity index (χ0n) is 16.8. The van der Waals surface area contributed by atoms with Crippen LogP contribution in [-0.4, -0.2) is 36.4 Å². The topological polar surface area (TPSA) is 83.2 Å². The molecule has 0 spiro atoms. The van der Waals surface area contributed by atoms with Crippen molar-refractivity contribution in [3.05, 3.63) is 47.3 Å². The number of Topliss-reactive ketones (excluding diaryl/α,β-unsaturated/α-hetero) is 1. The lowest BCUT2D eigenvalue weighted by Gasteiger charge is -2.09. The summed E-state index contributed by atoms with van der Waals surface area (Å²) in [6, 6.07) is 7.36. The number of hydrogen-bond donors (Lipinski definition) is 3. The minimum Gasteiger partial charge on any atom is -0.494 e. The predicted octanol–water partition coefficient (Wildman–Crippen LogP) is 3.94. The van der Waals surface area contributed by atoms with Gasteiger partial charge in [-0.3, -0.25) is 9.59 Å². The normalized spacial score (nSPS) is 16.2. The molecule has 0 bridgehead atoms. The summed E-state index contributed by atoms with van der Waals surface area (Å²) in [7, 11) is 0. The van der Waals surface area contributed by atoms with E-state index in [-0.39, 0.29) is 11.7 Å². The van der Waals surface area contributed by atoms with Gasteiger partial charge in [0, 0.05) is 24.0 Å². The van der Waals surface area contributed by atoms with Crippen LogP contribution in [0.5, 0.6) is 5.75 Å². The van der Waals surface area contributed by atoms with Gasteiger partial charge in [-0.1, -0.05) is 0 Å². The highest BCUT2D eigenvalue weighted by atomic mass is 16.5. The molecule has 1 heterocycles. The second-order valence-electron chi connectivity index (χ2n) is 8.01. The number of aromatic nitrogens is 1. The number of carbonyl (C=O) groups excluding carboxylic acids is 2. The van der Waals surface area contributed by atoms with E-state index in [0.717, 1.165) is 56.1 Å². The van der Waals surface area contributed by atoms with Crippen molar-refractivity contribution in [3.8, 4) is 5.75 Å². The molecule has 0 saturated heterocycles. The van der Waals surface area contributed by atoms with E-state index >= 15 is 0 Å². The van der Waals surface area contributed by atoms with Gasteiger partial charge in [-0.05, 0) is 81.8 Å². The number of fused-ring (bicyclic) bond motifs is 1. The molecule has 0 radical (unpaired) electrons. The smallest absolute Gasteiger partial charge is 0.257 e. The van der Waals surface area contributed by atoms with E-state index in [1.807, 2.05) is 24.3 Å². The Hall–Kier alpha value is -2.60. The average Bonchev–Trinajstić information content (AvgIpc) is 3.48. The van der Waals surface area contributed by atoms with Gasteiger partial charge in [0.15, 0.2) is 5.78 Å². The molecular weight excluding hydrogens is 366 g/mol. The monoisotopic (exact) mass is 395 g/mol. The van der Waals surface area contributed by atoms with Crippen LogP contribution in [0.3, 0.4) is 0 Å². The van der Waals surface area contributed by atoms with Crippen LogP contribution >= 0.6 is 0 Å². The molecule has 2 aromatic rings. The van der Waals surface area contributed by atoms with Crippen molar-refractivity contribution < 1.29 is 14.3 Å². The van der Waals surface area contributed by atoms with Crippen LogP contribution in [0.25, 0.3) is 0 Å². The largest absolute Gasteiger partial charge is 0.494 e. The number of amides is 1. The third-order valence-corrected chi connectivity index (χ3v) is 5.57. The first-order valence-corrected chi connectivity index (χ1v) is 10.7. The fraction of sp³-hybridized carbons (Fsp3) is 0.478. The highest BCUT2D eigenvalue weighted by Gasteiger charge is 2.24.